The molecular weight excluding hydrogens is 446 g/mol. The summed E-state index contributed by atoms with van der Waals surface area (Å²) in [4.78, 5) is 18.5. The van der Waals surface area contributed by atoms with Gasteiger partial charge in [0.05, 0.1) is 34.3 Å². The Bertz CT molecular complexity index is 1190. The van der Waals surface area contributed by atoms with Crippen LogP contribution in [0.3, 0.4) is 0 Å². The second-order valence-corrected chi connectivity index (χ2v) is 9.04. The average Bonchev–Trinajstić information content (AvgIpc) is 3.35. The predicted molar refractivity (Wildman–Crippen MR) is 128 cm³/mol. The molecule has 4 rings (SSSR count). The third-order valence-electron chi connectivity index (χ3n) is 4.28. The smallest absolute Gasteiger partial charge is 0.189 e. The highest BCUT2D eigenvalue weighted by molar-refractivity contribution is 7.19. The van der Waals surface area contributed by atoms with Crippen molar-refractivity contribution in [3.8, 4) is 16.3 Å². The van der Waals surface area contributed by atoms with Gasteiger partial charge in [0.1, 0.15) is 12.0 Å². The average molecular weight is 470 g/mol. The van der Waals surface area contributed by atoms with E-state index < -0.39 is 6.23 Å². The van der Waals surface area contributed by atoms with E-state index in [-0.39, 0.29) is 6.10 Å². The lowest BCUT2D eigenvalue weighted by molar-refractivity contribution is 0.186. The van der Waals surface area contributed by atoms with Crippen LogP contribution in [-0.2, 0) is 0 Å². The van der Waals surface area contributed by atoms with Crippen LogP contribution in [0.5, 0.6) is 5.75 Å². The van der Waals surface area contributed by atoms with Crippen LogP contribution < -0.4 is 21.1 Å². The second kappa shape index (κ2) is 9.57. The summed E-state index contributed by atoms with van der Waals surface area (Å²) < 4.78 is 5.89. The van der Waals surface area contributed by atoms with Crippen LogP contribution in [0.1, 0.15) is 31.3 Å². The lowest BCUT2D eigenvalue weighted by Crippen LogP contribution is -2.11. The molecule has 4 aromatic rings. The number of nitrogens with zero attached hydrogens (tertiary/aromatic N) is 4. The summed E-state index contributed by atoms with van der Waals surface area (Å²) in [5.74, 6) is 1.29. The number of aliphatic hydroxyl groups excluding tert-OH is 1. The van der Waals surface area contributed by atoms with Gasteiger partial charge in [0.15, 0.2) is 16.1 Å². The van der Waals surface area contributed by atoms with E-state index in [2.05, 4.69) is 25.6 Å². The van der Waals surface area contributed by atoms with Gasteiger partial charge in [-0.3, -0.25) is 4.98 Å². The third kappa shape index (κ3) is 5.19. The lowest BCUT2D eigenvalue weighted by Gasteiger charge is -2.16. The number of thiazole rings is 2. The Morgan fingerprint density at radius 2 is 1.97 bits per heavy atom. The van der Waals surface area contributed by atoms with Crippen molar-refractivity contribution in [1.29, 1.82) is 0 Å². The number of hydrogen-bond donors (Lipinski definition) is 4. The van der Waals surface area contributed by atoms with Crippen LogP contribution in [-0.4, -0.2) is 31.1 Å². The Labute approximate surface area is 193 Å². The molecule has 0 saturated heterocycles. The van der Waals surface area contributed by atoms with E-state index in [1.54, 1.807) is 36.8 Å². The first-order chi connectivity index (χ1) is 15.4. The van der Waals surface area contributed by atoms with Crippen LogP contribution in [0.15, 0.2) is 42.2 Å². The lowest BCUT2D eigenvalue weighted by atomic mass is 10.1. The summed E-state index contributed by atoms with van der Waals surface area (Å²) in [6, 6.07) is 5.30. The van der Waals surface area contributed by atoms with E-state index in [4.69, 9.17) is 15.5 Å². The highest BCUT2D eigenvalue weighted by Crippen LogP contribution is 2.37. The molecule has 1 unspecified atom stereocenters. The summed E-state index contributed by atoms with van der Waals surface area (Å²) in [5.41, 5.74) is 8.60. The van der Waals surface area contributed by atoms with Gasteiger partial charge in [-0.15, -0.1) is 11.3 Å². The number of aromatic nitrogens is 4. The van der Waals surface area contributed by atoms with Crippen molar-refractivity contribution >= 4 is 44.4 Å². The Balaban J connectivity index is 1.57. The van der Waals surface area contributed by atoms with Crippen LogP contribution in [0, 0.1) is 6.92 Å². The van der Waals surface area contributed by atoms with Gasteiger partial charge in [-0.1, -0.05) is 17.4 Å². The van der Waals surface area contributed by atoms with Gasteiger partial charge >= 0.3 is 0 Å². The third-order valence-corrected chi connectivity index (χ3v) is 6.13. The van der Waals surface area contributed by atoms with Gasteiger partial charge < -0.3 is 26.2 Å². The number of benzene rings is 1. The number of nitrogens with one attached hydrogen (secondary N) is 2. The molecule has 0 spiro atoms. The largest absolute Gasteiger partial charge is 0.489 e. The SMILES string of the molecule is Cc1nc(Nc2cnccn2)sc1-c1csc(Nc2cc(C(N)O)ccc2OC(C)C)n1. The van der Waals surface area contributed by atoms with E-state index >= 15 is 0 Å². The van der Waals surface area contributed by atoms with E-state index in [1.807, 2.05) is 26.2 Å². The molecule has 0 aliphatic heterocycles. The summed E-state index contributed by atoms with van der Waals surface area (Å²) >= 11 is 2.96. The fraction of sp³-hybridized carbons (Fsp3) is 0.238. The minimum absolute atomic E-state index is 0.00359. The quantitative estimate of drug-likeness (QED) is 0.274. The minimum Gasteiger partial charge on any atom is -0.489 e. The van der Waals surface area contributed by atoms with Gasteiger partial charge in [0.25, 0.3) is 0 Å². The minimum atomic E-state index is -1.07. The maximum atomic E-state index is 9.75. The van der Waals surface area contributed by atoms with Crippen LogP contribution >= 0.6 is 22.7 Å². The molecule has 3 aromatic heterocycles. The molecule has 1 atom stereocenters. The Morgan fingerprint density at radius 1 is 1.12 bits per heavy atom. The molecule has 0 saturated carbocycles. The number of nitrogens with two attached hydrogens (primary N) is 1. The molecule has 0 bridgehead atoms. The standard InChI is InChI=1S/C21H23N7O2S2/c1-11(2)30-16-5-4-13(19(22)29)8-14(16)26-20-27-15(10-31-20)18-12(3)25-21(32-18)28-17-9-23-6-7-24-17/h4-11,19,29H,22H2,1-3H3,(H,26,27)(H,24,25,28). The molecule has 0 amide bonds. The number of rotatable bonds is 8. The zero-order valence-corrected chi connectivity index (χ0v) is 19.4. The molecule has 32 heavy (non-hydrogen) atoms. The molecule has 0 fully saturated rings. The monoisotopic (exact) mass is 469 g/mol. The maximum absolute atomic E-state index is 9.75. The fourth-order valence-electron chi connectivity index (χ4n) is 2.90. The van der Waals surface area contributed by atoms with Crippen molar-refractivity contribution in [3.63, 3.8) is 0 Å². The van der Waals surface area contributed by atoms with Gasteiger partial charge in [-0.2, -0.15) is 0 Å². The first-order valence-corrected chi connectivity index (χ1v) is 11.6. The fourth-order valence-corrected chi connectivity index (χ4v) is 4.62. The zero-order chi connectivity index (χ0) is 22.7. The highest BCUT2D eigenvalue weighted by atomic mass is 32.1. The Hall–Kier alpha value is -3.12. The molecule has 9 nitrogen and oxygen atoms in total. The zero-order valence-electron chi connectivity index (χ0n) is 17.7. The summed E-state index contributed by atoms with van der Waals surface area (Å²) in [6.07, 6.45) is 3.81. The molecule has 1 aromatic carbocycles. The van der Waals surface area contributed by atoms with Crippen LogP contribution in [0.4, 0.5) is 21.8 Å². The summed E-state index contributed by atoms with van der Waals surface area (Å²) in [6.45, 7) is 5.85. The highest BCUT2D eigenvalue weighted by Gasteiger charge is 2.16. The van der Waals surface area contributed by atoms with E-state index in [0.29, 0.717) is 27.9 Å². The first-order valence-electron chi connectivity index (χ1n) is 9.86. The molecule has 5 N–H and O–H groups in total. The van der Waals surface area contributed by atoms with E-state index in [1.165, 1.54) is 22.7 Å². The first kappa shape index (κ1) is 22.1. The molecule has 3 heterocycles. The summed E-state index contributed by atoms with van der Waals surface area (Å²) in [7, 11) is 0. The van der Waals surface area contributed by atoms with Gasteiger partial charge in [-0.25, -0.2) is 15.0 Å². The van der Waals surface area contributed by atoms with Crippen molar-refractivity contribution in [3.05, 3.63) is 53.4 Å². The number of ether oxygens (including phenoxy) is 1. The number of aliphatic hydroxyl groups is 1. The normalized spacial score (nSPS) is 12.1. The van der Waals surface area contributed by atoms with Crippen molar-refractivity contribution < 1.29 is 9.84 Å². The second-order valence-electron chi connectivity index (χ2n) is 7.18. The van der Waals surface area contributed by atoms with Crippen molar-refractivity contribution in [1.82, 2.24) is 19.9 Å². The van der Waals surface area contributed by atoms with Crippen LogP contribution in [0.2, 0.25) is 0 Å². The Kier molecular flexibility index (Phi) is 6.61. The maximum Gasteiger partial charge on any atom is 0.189 e. The van der Waals surface area contributed by atoms with Crippen LogP contribution in [0.25, 0.3) is 10.6 Å². The van der Waals surface area contributed by atoms with Gasteiger partial charge in [0.2, 0.25) is 0 Å². The molecule has 166 valence electrons. The van der Waals surface area contributed by atoms with Crippen molar-refractivity contribution in [2.24, 2.45) is 5.73 Å². The molecule has 0 aliphatic rings. The predicted octanol–water partition coefficient (Wildman–Crippen LogP) is 4.59. The summed E-state index contributed by atoms with van der Waals surface area (Å²) in [5, 5.41) is 19.6. The number of aryl methyl sites for hydroxylation is 1. The van der Waals surface area contributed by atoms with E-state index in [0.717, 1.165) is 21.4 Å². The topological polar surface area (TPSA) is 131 Å². The molecule has 0 radical (unpaired) electrons. The number of hydrogen-bond acceptors (Lipinski definition) is 11. The van der Waals surface area contributed by atoms with Gasteiger partial charge in [-0.05, 0) is 38.5 Å². The van der Waals surface area contributed by atoms with Gasteiger partial charge in [0, 0.05) is 17.8 Å². The van der Waals surface area contributed by atoms with Crippen molar-refractivity contribution in [2.75, 3.05) is 10.6 Å². The van der Waals surface area contributed by atoms with E-state index in [9.17, 15) is 5.11 Å². The molecule has 0 aliphatic carbocycles. The molecule has 11 heteroatoms. The van der Waals surface area contributed by atoms with Crippen molar-refractivity contribution in [2.45, 2.75) is 33.1 Å². The number of anilines is 4. The Morgan fingerprint density at radius 3 is 2.69 bits per heavy atom. The molecular formula is C21H23N7O2S2.